The fraction of sp³-hybridized carbons (Fsp3) is 0.385. The van der Waals surface area contributed by atoms with Gasteiger partial charge in [-0.3, -0.25) is 4.79 Å². The third-order valence-corrected chi connectivity index (χ3v) is 2.35. The fourth-order valence-corrected chi connectivity index (χ4v) is 1.46. The smallest absolute Gasteiger partial charge is 0.257 e. The number of nitrogens with zero attached hydrogens (tertiary/aromatic N) is 1. The van der Waals surface area contributed by atoms with Gasteiger partial charge in [-0.15, -0.1) is 0 Å². The lowest BCUT2D eigenvalue weighted by atomic mass is 10.1. The Labute approximate surface area is 107 Å². The first-order valence-corrected chi connectivity index (χ1v) is 5.73. The van der Waals surface area contributed by atoms with E-state index >= 15 is 0 Å². The first-order valence-electron chi connectivity index (χ1n) is 5.73. The molecule has 0 bridgehead atoms. The third kappa shape index (κ3) is 4.44. The van der Waals surface area contributed by atoms with E-state index in [2.05, 4.69) is 5.32 Å². The van der Waals surface area contributed by atoms with Crippen molar-refractivity contribution in [2.24, 2.45) is 5.73 Å². The van der Waals surface area contributed by atoms with E-state index in [-0.39, 0.29) is 12.5 Å². The molecule has 1 rings (SSSR count). The van der Waals surface area contributed by atoms with Gasteiger partial charge in [0, 0.05) is 18.7 Å². The van der Waals surface area contributed by atoms with Crippen LogP contribution in [0.5, 0.6) is 5.75 Å². The second-order valence-electron chi connectivity index (χ2n) is 3.86. The molecular formula is C13H17N3O2. The van der Waals surface area contributed by atoms with E-state index < -0.39 is 0 Å². The number of rotatable bonds is 6. The monoisotopic (exact) mass is 247 g/mol. The van der Waals surface area contributed by atoms with Gasteiger partial charge >= 0.3 is 0 Å². The van der Waals surface area contributed by atoms with Gasteiger partial charge in [-0.05, 0) is 13.0 Å². The summed E-state index contributed by atoms with van der Waals surface area (Å²) in [5.74, 6) is 0.382. The van der Waals surface area contributed by atoms with Crippen molar-refractivity contribution in [3.8, 4) is 11.8 Å². The molecule has 1 amide bonds. The van der Waals surface area contributed by atoms with Crippen molar-refractivity contribution in [2.75, 3.05) is 13.2 Å². The molecule has 5 heteroatoms. The van der Waals surface area contributed by atoms with Gasteiger partial charge in [-0.25, -0.2) is 0 Å². The lowest BCUT2D eigenvalue weighted by Gasteiger charge is -2.10. The maximum atomic E-state index is 11.4. The summed E-state index contributed by atoms with van der Waals surface area (Å²) in [6.45, 7) is 2.61. The Morgan fingerprint density at radius 3 is 3.00 bits per heavy atom. The van der Waals surface area contributed by atoms with Crippen LogP contribution in [0.4, 0.5) is 0 Å². The van der Waals surface area contributed by atoms with E-state index in [1.54, 1.807) is 6.07 Å². The molecule has 18 heavy (non-hydrogen) atoms. The molecule has 5 nitrogen and oxygen atoms in total. The van der Waals surface area contributed by atoms with Crippen LogP contribution in [0.3, 0.4) is 0 Å². The molecule has 0 atom stereocenters. The highest BCUT2D eigenvalue weighted by molar-refractivity contribution is 5.77. The Hall–Kier alpha value is -2.06. The molecule has 0 spiro atoms. The van der Waals surface area contributed by atoms with Gasteiger partial charge in [0.1, 0.15) is 5.75 Å². The van der Waals surface area contributed by atoms with Crippen molar-refractivity contribution < 1.29 is 9.53 Å². The molecule has 0 fully saturated rings. The number of carbonyl (C=O) groups is 1. The van der Waals surface area contributed by atoms with Crippen LogP contribution in [0.1, 0.15) is 17.5 Å². The maximum Gasteiger partial charge on any atom is 0.257 e. The van der Waals surface area contributed by atoms with Crippen LogP contribution in [-0.4, -0.2) is 19.1 Å². The van der Waals surface area contributed by atoms with Crippen LogP contribution < -0.4 is 15.8 Å². The molecule has 0 saturated heterocycles. The summed E-state index contributed by atoms with van der Waals surface area (Å²) in [4.78, 5) is 11.4. The van der Waals surface area contributed by atoms with Gasteiger partial charge in [-0.2, -0.15) is 5.26 Å². The molecule has 0 saturated carbocycles. The Morgan fingerprint density at radius 1 is 1.56 bits per heavy atom. The lowest BCUT2D eigenvalue weighted by Crippen LogP contribution is -2.29. The molecule has 0 heterocycles. The van der Waals surface area contributed by atoms with Gasteiger partial charge in [0.15, 0.2) is 6.61 Å². The average Bonchev–Trinajstić information content (AvgIpc) is 2.37. The number of hydrogen-bond donors (Lipinski definition) is 2. The number of hydrogen-bond acceptors (Lipinski definition) is 4. The first kappa shape index (κ1) is 14.0. The molecule has 0 aliphatic carbocycles. The minimum atomic E-state index is -0.242. The number of nitrogens with two attached hydrogens (primary N) is 1. The standard InChI is InChI=1S/C13H17N3O2/c1-10-3-4-12(11(7-10)8-15)18-9-13(17)16-6-2-5-14/h3-4,7H,2,6,8-9,15H2,1H3,(H,16,17). The lowest BCUT2D eigenvalue weighted by molar-refractivity contribution is -0.123. The van der Waals surface area contributed by atoms with Crippen molar-refractivity contribution in [1.29, 1.82) is 5.26 Å². The van der Waals surface area contributed by atoms with Crippen LogP contribution in [0.15, 0.2) is 18.2 Å². The van der Waals surface area contributed by atoms with E-state index in [1.165, 1.54) is 0 Å². The zero-order chi connectivity index (χ0) is 13.4. The number of benzene rings is 1. The second-order valence-corrected chi connectivity index (χ2v) is 3.86. The fourth-order valence-electron chi connectivity index (χ4n) is 1.46. The summed E-state index contributed by atoms with van der Waals surface area (Å²) in [6.07, 6.45) is 0.296. The molecule has 3 N–H and O–H groups in total. The highest BCUT2D eigenvalue weighted by Crippen LogP contribution is 2.19. The molecule has 1 aromatic carbocycles. The SMILES string of the molecule is Cc1ccc(OCC(=O)NCCC#N)c(CN)c1. The van der Waals surface area contributed by atoms with Crippen LogP contribution in [0, 0.1) is 18.3 Å². The molecule has 0 aliphatic rings. The molecule has 0 unspecified atom stereocenters. The van der Waals surface area contributed by atoms with Crippen LogP contribution in [0.2, 0.25) is 0 Å². The van der Waals surface area contributed by atoms with Gasteiger partial charge in [0.2, 0.25) is 0 Å². The van der Waals surface area contributed by atoms with E-state index in [1.807, 2.05) is 25.1 Å². The van der Waals surface area contributed by atoms with Gasteiger partial charge < -0.3 is 15.8 Å². The molecule has 1 aromatic rings. The third-order valence-electron chi connectivity index (χ3n) is 2.35. The summed E-state index contributed by atoms with van der Waals surface area (Å²) in [7, 11) is 0. The van der Waals surface area contributed by atoms with Crippen molar-refractivity contribution in [1.82, 2.24) is 5.32 Å². The summed E-state index contributed by atoms with van der Waals surface area (Å²) in [5, 5.41) is 10.9. The van der Waals surface area contributed by atoms with E-state index in [0.717, 1.165) is 11.1 Å². The largest absolute Gasteiger partial charge is 0.483 e. The summed E-state index contributed by atoms with van der Waals surface area (Å²) < 4.78 is 5.40. The minimum Gasteiger partial charge on any atom is -0.483 e. The number of carbonyl (C=O) groups excluding carboxylic acids is 1. The summed E-state index contributed by atoms with van der Waals surface area (Å²) >= 11 is 0. The number of nitrogens with one attached hydrogen (secondary N) is 1. The number of nitriles is 1. The second kappa shape index (κ2) is 7.30. The van der Waals surface area contributed by atoms with Crippen molar-refractivity contribution in [3.63, 3.8) is 0 Å². The Bertz CT molecular complexity index is 452. The summed E-state index contributed by atoms with van der Waals surface area (Å²) in [5.41, 5.74) is 7.58. The quantitative estimate of drug-likeness (QED) is 0.730. The van der Waals surface area contributed by atoms with Gasteiger partial charge in [0.05, 0.1) is 12.5 Å². The topological polar surface area (TPSA) is 88.1 Å². The molecule has 0 aromatic heterocycles. The van der Waals surface area contributed by atoms with Crippen molar-refractivity contribution in [3.05, 3.63) is 29.3 Å². The van der Waals surface area contributed by atoms with Crippen LogP contribution in [-0.2, 0) is 11.3 Å². The highest BCUT2D eigenvalue weighted by Gasteiger charge is 2.06. The molecule has 0 radical (unpaired) electrons. The van der Waals surface area contributed by atoms with Crippen molar-refractivity contribution >= 4 is 5.91 Å². The predicted octanol–water partition coefficient (Wildman–Crippen LogP) is 0.862. The van der Waals surface area contributed by atoms with Crippen LogP contribution >= 0.6 is 0 Å². The van der Waals surface area contributed by atoms with Gasteiger partial charge in [0.25, 0.3) is 5.91 Å². The van der Waals surface area contributed by atoms with E-state index in [9.17, 15) is 4.79 Å². The number of ether oxygens (including phenoxy) is 1. The van der Waals surface area contributed by atoms with E-state index in [4.69, 9.17) is 15.7 Å². The molecule has 0 aliphatic heterocycles. The van der Waals surface area contributed by atoms with Crippen LogP contribution in [0.25, 0.3) is 0 Å². The molecular weight excluding hydrogens is 230 g/mol. The Morgan fingerprint density at radius 2 is 2.33 bits per heavy atom. The average molecular weight is 247 g/mol. The van der Waals surface area contributed by atoms with Gasteiger partial charge in [-0.1, -0.05) is 17.7 Å². The van der Waals surface area contributed by atoms with E-state index in [0.29, 0.717) is 25.3 Å². The normalized spacial score (nSPS) is 9.61. The Kier molecular flexibility index (Phi) is 5.68. The predicted molar refractivity (Wildman–Crippen MR) is 67.8 cm³/mol. The first-order chi connectivity index (χ1) is 8.67. The van der Waals surface area contributed by atoms with Crippen molar-refractivity contribution in [2.45, 2.75) is 19.9 Å². The highest BCUT2D eigenvalue weighted by atomic mass is 16.5. The maximum absolute atomic E-state index is 11.4. The number of aryl methyl sites for hydroxylation is 1. The molecule has 96 valence electrons. The zero-order valence-electron chi connectivity index (χ0n) is 10.4. The number of amides is 1. The zero-order valence-corrected chi connectivity index (χ0v) is 10.4. The Balaban J connectivity index is 2.48. The minimum absolute atomic E-state index is 0.0680. The summed E-state index contributed by atoms with van der Waals surface area (Å²) in [6, 6.07) is 7.59.